The summed E-state index contributed by atoms with van der Waals surface area (Å²) in [7, 11) is 0. The van der Waals surface area contributed by atoms with Gasteiger partial charge in [0, 0.05) is 19.6 Å². The zero-order valence-corrected chi connectivity index (χ0v) is 12.7. The Labute approximate surface area is 121 Å². The minimum Gasteiger partial charge on any atom is -0.396 e. The summed E-state index contributed by atoms with van der Waals surface area (Å²) in [5.74, 6) is -0.119. The Morgan fingerprint density at radius 1 is 1.68 bits per heavy atom. The third-order valence-corrected chi connectivity index (χ3v) is 5.30. The van der Waals surface area contributed by atoms with Crippen LogP contribution >= 0.6 is 23.1 Å². The lowest BCUT2D eigenvalue weighted by molar-refractivity contribution is 0.0960. The van der Waals surface area contributed by atoms with E-state index in [1.807, 2.05) is 13.2 Å². The molecular formula is C12H19N3O2S2. The monoisotopic (exact) mass is 301 g/mol. The van der Waals surface area contributed by atoms with Crippen molar-refractivity contribution in [1.29, 1.82) is 0 Å². The van der Waals surface area contributed by atoms with E-state index in [0.29, 0.717) is 23.7 Å². The third-order valence-electron chi connectivity index (χ3n) is 3.08. The first-order valence-corrected chi connectivity index (χ1v) is 8.30. The fraction of sp³-hybridized carbons (Fsp3) is 0.583. The van der Waals surface area contributed by atoms with Gasteiger partial charge in [0.2, 0.25) is 0 Å². The van der Waals surface area contributed by atoms with Crippen LogP contribution < -0.4 is 16.0 Å². The van der Waals surface area contributed by atoms with Crippen LogP contribution in [0.1, 0.15) is 23.0 Å². The van der Waals surface area contributed by atoms with E-state index in [0.717, 1.165) is 22.9 Å². The predicted molar refractivity (Wildman–Crippen MR) is 81.4 cm³/mol. The van der Waals surface area contributed by atoms with E-state index in [-0.39, 0.29) is 12.0 Å². The number of nitrogen functional groups attached to an aromatic ring is 1. The van der Waals surface area contributed by atoms with Gasteiger partial charge >= 0.3 is 0 Å². The van der Waals surface area contributed by atoms with E-state index >= 15 is 0 Å². The van der Waals surface area contributed by atoms with Crippen molar-refractivity contribution in [2.24, 2.45) is 0 Å². The van der Waals surface area contributed by atoms with Gasteiger partial charge in [-0.1, -0.05) is 0 Å². The summed E-state index contributed by atoms with van der Waals surface area (Å²) in [6, 6.07) is 0. The second-order valence-electron chi connectivity index (χ2n) is 4.43. The van der Waals surface area contributed by atoms with Crippen molar-refractivity contribution < 1.29 is 9.90 Å². The Kier molecular flexibility index (Phi) is 4.59. The maximum absolute atomic E-state index is 12.0. The number of rotatable bonds is 4. The molecule has 7 heteroatoms. The lowest BCUT2D eigenvalue weighted by Crippen LogP contribution is -2.22. The number of anilines is 2. The molecule has 0 spiro atoms. The molecular weight excluding hydrogens is 282 g/mol. The molecule has 1 aliphatic rings. The van der Waals surface area contributed by atoms with Crippen molar-refractivity contribution in [3.05, 3.63) is 4.88 Å². The Bertz CT molecular complexity index is 476. The fourth-order valence-corrected chi connectivity index (χ4v) is 4.29. The predicted octanol–water partition coefficient (Wildman–Crippen LogP) is 1.37. The smallest absolute Gasteiger partial charge is 0.263 e. The molecule has 0 aromatic carbocycles. The van der Waals surface area contributed by atoms with Gasteiger partial charge in [-0.05, 0) is 19.6 Å². The van der Waals surface area contributed by atoms with Gasteiger partial charge in [0.25, 0.3) is 5.91 Å². The number of nitrogens with one attached hydrogen (secondary N) is 1. The number of aliphatic hydroxyl groups is 1. The van der Waals surface area contributed by atoms with Gasteiger partial charge in [-0.3, -0.25) is 4.79 Å². The standard InChI is InChI=1S/C12H19N3O2S2/c1-3-14-11(17)9-8(13)10(18-2)12(19-9)15-5-4-7(16)6-15/h7,16H,3-6,13H2,1-2H3,(H,14,17). The van der Waals surface area contributed by atoms with Crippen LogP contribution in [-0.4, -0.2) is 43.0 Å². The Morgan fingerprint density at radius 2 is 2.42 bits per heavy atom. The normalized spacial score (nSPS) is 18.9. The zero-order valence-electron chi connectivity index (χ0n) is 11.1. The van der Waals surface area contributed by atoms with E-state index in [1.54, 1.807) is 11.8 Å². The first-order chi connectivity index (χ1) is 9.08. The molecule has 2 heterocycles. The van der Waals surface area contributed by atoms with Gasteiger partial charge in [-0.2, -0.15) is 0 Å². The Hall–Kier alpha value is -0.920. The molecule has 1 amide bonds. The molecule has 0 radical (unpaired) electrons. The molecule has 106 valence electrons. The van der Waals surface area contributed by atoms with E-state index in [2.05, 4.69) is 10.2 Å². The summed E-state index contributed by atoms with van der Waals surface area (Å²) in [6.45, 7) is 3.89. The molecule has 1 aromatic rings. The van der Waals surface area contributed by atoms with Crippen molar-refractivity contribution >= 4 is 39.7 Å². The lowest BCUT2D eigenvalue weighted by Gasteiger charge is -2.16. The summed E-state index contributed by atoms with van der Waals surface area (Å²) in [5.41, 5.74) is 6.64. The van der Waals surface area contributed by atoms with Gasteiger partial charge < -0.3 is 21.1 Å². The molecule has 5 nitrogen and oxygen atoms in total. The van der Waals surface area contributed by atoms with Crippen LogP contribution in [0.2, 0.25) is 0 Å². The fourth-order valence-electron chi connectivity index (χ4n) is 2.16. The second kappa shape index (κ2) is 6.02. The second-order valence-corrected chi connectivity index (χ2v) is 6.25. The van der Waals surface area contributed by atoms with E-state index in [4.69, 9.17) is 5.73 Å². The number of thiophene rings is 1. The Balaban J connectivity index is 2.33. The highest BCUT2D eigenvalue weighted by Gasteiger charge is 2.28. The van der Waals surface area contributed by atoms with Crippen molar-refractivity contribution in [2.45, 2.75) is 24.3 Å². The first-order valence-electron chi connectivity index (χ1n) is 6.25. The van der Waals surface area contributed by atoms with Crippen LogP contribution in [0.25, 0.3) is 0 Å². The van der Waals surface area contributed by atoms with Crippen LogP contribution in [0.15, 0.2) is 4.90 Å². The van der Waals surface area contributed by atoms with Crippen LogP contribution in [-0.2, 0) is 0 Å². The van der Waals surface area contributed by atoms with Gasteiger partial charge in [0.1, 0.15) is 9.88 Å². The average molecular weight is 301 g/mol. The number of aliphatic hydroxyl groups excluding tert-OH is 1. The highest BCUT2D eigenvalue weighted by molar-refractivity contribution is 7.99. The number of β-amino-alcohol motifs (C(OH)–C–C–N with tert-alkyl or cyclic N) is 1. The molecule has 1 aliphatic heterocycles. The number of carbonyl (C=O) groups is 1. The summed E-state index contributed by atoms with van der Waals surface area (Å²) in [4.78, 5) is 15.6. The lowest BCUT2D eigenvalue weighted by atomic mass is 10.3. The molecule has 1 fully saturated rings. The molecule has 1 saturated heterocycles. The molecule has 0 bridgehead atoms. The largest absolute Gasteiger partial charge is 0.396 e. The molecule has 2 rings (SSSR count). The SMILES string of the molecule is CCNC(=O)c1sc(N2CCC(O)C2)c(SC)c1N. The molecule has 1 atom stereocenters. The molecule has 4 N–H and O–H groups in total. The number of hydrogen-bond donors (Lipinski definition) is 3. The van der Waals surface area contributed by atoms with E-state index in [9.17, 15) is 9.90 Å². The van der Waals surface area contributed by atoms with E-state index < -0.39 is 0 Å². The highest BCUT2D eigenvalue weighted by Crippen LogP contribution is 2.44. The summed E-state index contributed by atoms with van der Waals surface area (Å²) in [5, 5.41) is 13.4. The van der Waals surface area contributed by atoms with Gasteiger partial charge in [-0.25, -0.2) is 0 Å². The number of amides is 1. The molecule has 1 aromatic heterocycles. The number of carbonyl (C=O) groups excluding carboxylic acids is 1. The van der Waals surface area contributed by atoms with E-state index in [1.165, 1.54) is 11.3 Å². The van der Waals surface area contributed by atoms with Crippen molar-refractivity contribution in [2.75, 3.05) is 36.5 Å². The van der Waals surface area contributed by atoms with Crippen molar-refractivity contribution in [3.63, 3.8) is 0 Å². The van der Waals surface area contributed by atoms with Gasteiger partial charge in [-0.15, -0.1) is 23.1 Å². The number of nitrogens with zero attached hydrogens (tertiary/aromatic N) is 1. The highest BCUT2D eigenvalue weighted by atomic mass is 32.2. The number of thioether (sulfide) groups is 1. The third kappa shape index (κ3) is 2.82. The van der Waals surface area contributed by atoms with Gasteiger partial charge in [0.05, 0.1) is 16.7 Å². The maximum atomic E-state index is 12.0. The van der Waals surface area contributed by atoms with Crippen LogP contribution in [0.5, 0.6) is 0 Å². The number of nitrogens with two attached hydrogens (primary N) is 1. The van der Waals surface area contributed by atoms with Crippen molar-refractivity contribution in [3.8, 4) is 0 Å². The summed E-state index contributed by atoms with van der Waals surface area (Å²) < 4.78 is 0. The van der Waals surface area contributed by atoms with Gasteiger partial charge in [0.15, 0.2) is 0 Å². The quantitative estimate of drug-likeness (QED) is 0.732. The molecule has 19 heavy (non-hydrogen) atoms. The number of hydrogen-bond acceptors (Lipinski definition) is 6. The van der Waals surface area contributed by atoms with Crippen LogP contribution in [0.4, 0.5) is 10.7 Å². The first kappa shape index (κ1) is 14.5. The minimum absolute atomic E-state index is 0.119. The maximum Gasteiger partial charge on any atom is 0.263 e. The minimum atomic E-state index is -0.286. The van der Waals surface area contributed by atoms with Crippen LogP contribution in [0.3, 0.4) is 0 Å². The van der Waals surface area contributed by atoms with Crippen molar-refractivity contribution in [1.82, 2.24) is 5.32 Å². The zero-order chi connectivity index (χ0) is 14.0. The van der Waals surface area contributed by atoms with Crippen LogP contribution in [0, 0.1) is 0 Å². The average Bonchev–Trinajstić information content (AvgIpc) is 2.93. The summed E-state index contributed by atoms with van der Waals surface area (Å²) >= 11 is 2.96. The topological polar surface area (TPSA) is 78.6 Å². The molecule has 0 saturated carbocycles. The molecule has 0 aliphatic carbocycles. The Morgan fingerprint density at radius 3 is 2.95 bits per heavy atom. The summed E-state index contributed by atoms with van der Waals surface area (Å²) in [6.07, 6.45) is 2.43. The molecule has 1 unspecified atom stereocenters.